The number of carbonyl (C=O) groups is 1. The Balaban J connectivity index is 2.27. The van der Waals surface area contributed by atoms with Gasteiger partial charge in [0.2, 0.25) is 0 Å². The molecule has 2 atom stereocenters. The number of aliphatic hydroxyl groups is 2. The van der Waals surface area contributed by atoms with Gasteiger partial charge in [0, 0.05) is 17.0 Å². The third kappa shape index (κ3) is 1.92. The summed E-state index contributed by atoms with van der Waals surface area (Å²) in [6.45, 7) is 0. The first kappa shape index (κ1) is 13.4. The average molecular weight is 282 g/mol. The van der Waals surface area contributed by atoms with Crippen molar-refractivity contribution in [3.8, 4) is 0 Å². The number of hydrogen-bond donors (Lipinski definition) is 3. The summed E-state index contributed by atoms with van der Waals surface area (Å²) in [5.41, 5.74) is -0.936. The topological polar surface area (TPSA) is 77.8 Å². The summed E-state index contributed by atoms with van der Waals surface area (Å²) < 4.78 is 0. The summed E-state index contributed by atoms with van der Waals surface area (Å²) in [5.74, 6) is -2.22. The van der Waals surface area contributed by atoms with E-state index in [-0.39, 0.29) is 11.3 Å². The molecule has 0 unspecified atom stereocenters. The second-order valence-corrected chi connectivity index (χ2v) is 5.06. The van der Waals surface area contributed by atoms with Gasteiger partial charge in [0.15, 0.2) is 5.60 Å². The molecule has 2 aromatic carbocycles. The molecule has 1 aliphatic carbocycles. The van der Waals surface area contributed by atoms with Crippen LogP contribution in [-0.4, -0.2) is 21.3 Å². The van der Waals surface area contributed by atoms with Crippen molar-refractivity contribution in [3.05, 3.63) is 77.4 Å². The number of carboxylic acid groups (broad SMARTS) is 1. The predicted molar refractivity (Wildman–Crippen MR) is 77.8 cm³/mol. The van der Waals surface area contributed by atoms with Crippen molar-refractivity contribution in [1.82, 2.24) is 0 Å². The number of carboxylic acids is 1. The van der Waals surface area contributed by atoms with Gasteiger partial charge >= 0.3 is 5.97 Å². The van der Waals surface area contributed by atoms with Crippen molar-refractivity contribution in [1.29, 1.82) is 0 Å². The lowest BCUT2D eigenvalue weighted by Gasteiger charge is -2.36. The van der Waals surface area contributed by atoms with Gasteiger partial charge in [0.25, 0.3) is 0 Å². The van der Waals surface area contributed by atoms with E-state index in [1.54, 1.807) is 42.5 Å². The Bertz CT molecular complexity index is 721. The van der Waals surface area contributed by atoms with Crippen molar-refractivity contribution in [2.45, 2.75) is 11.5 Å². The maximum absolute atomic E-state index is 11.8. The zero-order valence-corrected chi connectivity index (χ0v) is 11.1. The first-order chi connectivity index (χ1) is 10.0. The number of benzene rings is 2. The van der Waals surface area contributed by atoms with Crippen molar-refractivity contribution < 1.29 is 20.1 Å². The second kappa shape index (κ2) is 4.75. The first-order valence-corrected chi connectivity index (χ1v) is 6.56. The Hall–Kier alpha value is -2.59. The van der Waals surface area contributed by atoms with Gasteiger partial charge in [-0.25, -0.2) is 4.79 Å². The summed E-state index contributed by atoms with van der Waals surface area (Å²) in [7, 11) is 0. The Morgan fingerprint density at radius 1 is 1.00 bits per heavy atom. The van der Waals surface area contributed by atoms with Crippen LogP contribution in [0.2, 0.25) is 0 Å². The molecule has 0 saturated carbocycles. The van der Waals surface area contributed by atoms with Crippen molar-refractivity contribution in [2.75, 3.05) is 0 Å². The molecule has 0 amide bonds. The molecule has 0 radical (unpaired) electrons. The van der Waals surface area contributed by atoms with Crippen LogP contribution in [0.1, 0.15) is 22.6 Å². The van der Waals surface area contributed by atoms with Crippen LogP contribution in [0, 0.1) is 0 Å². The van der Waals surface area contributed by atoms with Crippen LogP contribution in [0.25, 0.3) is 5.76 Å². The SMILES string of the molecule is O=C(O)[C@@]1(O)c2ccccc2C(O)=C[C@@H]1c1ccccc1. The highest BCUT2D eigenvalue weighted by Crippen LogP contribution is 2.45. The summed E-state index contributed by atoms with van der Waals surface area (Å²) in [6.07, 6.45) is 1.39. The van der Waals surface area contributed by atoms with Crippen LogP contribution in [0.15, 0.2) is 60.7 Å². The third-order valence-corrected chi connectivity index (χ3v) is 3.87. The Kier molecular flexibility index (Phi) is 3.03. The number of rotatable bonds is 2. The molecule has 21 heavy (non-hydrogen) atoms. The van der Waals surface area contributed by atoms with Crippen LogP contribution in [0.3, 0.4) is 0 Å². The van der Waals surface area contributed by atoms with E-state index in [1.165, 1.54) is 12.1 Å². The van der Waals surface area contributed by atoms with E-state index >= 15 is 0 Å². The monoisotopic (exact) mass is 282 g/mol. The van der Waals surface area contributed by atoms with E-state index in [1.807, 2.05) is 6.07 Å². The summed E-state index contributed by atoms with van der Waals surface area (Å²) in [6, 6.07) is 15.3. The van der Waals surface area contributed by atoms with Gasteiger partial charge in [-0.05, 0) is 11.6 Å². The number of aliphatic carboxylic acids is 1. The first-order valence-electron chi connectivity index (χ1n) is 6.56. The minimum absolute atomic E-state index is 0.0228. The van der Waals surface area contributed by atoms with Gasteiger partial charge < -0.3 is 15.3 Å². The molecule has 0 spiro atoms. The molecule has 2 aromatic rings. The molecule has 106 valence electrons. The van der Waals surface area contributed by atoms with Crippen LogP contribution >= 0.6 is 0 Å². The van der Waals surface area contributed by atoms with Crippen molar-refractivity contribution >= 4 is 11.7 Å². The lowest BCUT2D eigenvalue weighted by Crippen LogP contribution is -2.43. The van der Waals surface area contributed by atoms with Crippen molar-refractivity contribution in [2.24, 2.45) is 0 Å². The van der Waals surface area contributed by atoms with E-state index < -0.39 is 17.5 Å². The van der Waals surface area contributed by atoms with E-state index in [4.69, 9.17) is 0 Å². The Morgan fingerprint density at radius 2 is 1.62 bits per heavy atom. The Labute approximate surface area is 121 Å². The van der Waals surface area contributed by atoms with E-state index in [0.29, 0.717) is 11.1 Å². The molecule has 3 rings (SSSR count). The van der Waals surface area contributed by atoms with Gasteiger partial charge in [-0.15, -0.1) is 0 Å². The maximum atomic E-state index is 11.8. The third-order valence-electron chi connectivity index (χ3n) is 3.87. The van der Waals surface area contributed by atoms with Crippen molar-refractivity contribution in [3.63, 3.8) is 0 Å². The minimum atomic E-state index is -2.11. The quantitative estimate of drug-likeness (QED) is 0.791. The second-order valence-electron chi connectivity index (χ2n) is 5.06. The molecule has 4 heteroatoms. The van der Waals surface area contributed by atoms with Gasteiger partial charge in [0.1, 0.15) is 5.76 Å². The molecule has 0 fully saturated rings. The smallest absolute Gasteiger partial charge is 0.341 e. The molecule has 0 bridgehead atoms. The fourth-order valence-corrected chi connectivity index (χ4v) is 2.82. The fourth-order valence-electron chi connectivity index (χ4n) is 2.82. The van der Waals surface area contributed by atoms with Crippen LogP contribution in [-0.2, 0) is 10.4 Å². The largest absolute Gasteiger partial charge is 0.508 e. The lowest BCUT2D eigenvalue weighted by atomic mass is 9.72. The molecular weight excluding hydrogens is 268 g/mol. The minimum Gasteiger partial charge on any atom is -0.508 e. The molecule has 0 saturated heterocycles. The summed E-state index contributed by atoms with van der Waals surface area (Å²) in [5, 5.41) is 30.6. The Morgan fingerprint density at radius 3 is 2.29 bits per heavy atom. The number of hydrogen-bond acceptors (Lipinski definition) is 3. The van der Waals surface area contributed by atoms with E-state index in [9.17, 15) is 20.1 Å². The number of aliphatic hydroxyl groups excluding tert-OH is 1. The molecule has 1 aliphatic rings. The van der Waals surface area contributed by atoms with Crippen LogP contribution < -0.4 is 0 Å². The molecule has 0 aliphatic heterocycles. The standard InChI is InChI=1S/C17H14O4/c18-15-10-14(11-6-2-1-3-7-11)17(21,16(19)20)13-9-5-4-8-12(13)15/h1-10,14,18,21H,(H,19,20)/t14-,17-/m1/s1. The lowest BCUT2D eigenvalue weighted by molar-refractivity contribution is -0.161. The van der Waals surface area contributed by atoms with Gasteiger partial charge in [0.05, 0.1) is 0 Å². The fraction of sp³-hybridized carbons (Fsp3) is 0.118. The zero-order chi connectivity index (χ0) is 15.0. The van der Waals surface area contributed by atoms with Gasteiger partial charge in [-0.3, -0.25) is 0 Å². The molecule has 4 nitrogen and oxygen atoms in total. The van der Waals surface area contributed by atoms with Crippen LogP contribution in [0.5, 0.6) is 0 Å². The highest BCUT2D eigenvalue weighted by Gasteiger charge is 2.49. The van der Waals surface area contributed by atoms with Gasteiger partial charge in [-0.1, -0.05) is 54.6 Å². The maximum Gasteiger partial charge on any atom is 0.341 e. The zero-order valence-electron chi connectivity index (χ0n) is 11.1. The molecular formula is C17H14O4. The average Bonchev–Trinajstić information content (AvgIpc) is 2.51. The van der Waals surface area contributed by atoms with Crippen LogP contribution in [0.4, 0.5) is 0 Å². The highest BCUT2D eigenvalue weighted by molar-refractivity contribution is 5.86. The van der Waals surface area contributed by atoms with E-state index in [0.717, 1.165) is 0 Å². The van der Waals surface area contributed by atoms with Gasteiger partial charge in [-0.2, -0.15) is 0 Å². The molecule has 0 heterocycles. The molecule has 0 aromatic heterocycles. The normalized spacial score (nSPS) is 24.0. The summed E-state index contributed by atoms with van der Waals surface area (Å²) in [4.78, 5) is 11.8. The predicted octanol–water partition coefficient (Wildman–Crippen LogP) is 2.66. The molecule has 3 N–H and O–H groups in total. The van der Waals surface area contributed by atoms with E-state index in [2.05, 4.69) is 0 Å². The summed E-state index contributed by atoms with van der Waals surface area (Å²) >= 11 is 0. The highest BCUT2D eigenvalue weighted by atomic mass is 16.4. The number of fused-ring (bicyclic) bond motifs is 1.